The number of benzene rings is 3. The van der Waals surface area contributed by atoms with Crippen molar-refractivity contribution >= 4 is 57.2 Å². The Morgan fingerprint density at radius 2 is 1.76 bits per heavy atom. The predicted octanol–water partition coefficient (Wildman–Crippen LogP) is 10.3. The van der Waals surface area contributed by atoms with Crippen LogP contribution in [0, 0.1) is 35.9 Å². The third-order valence-electron chi connectivity index (χ3n) is 12.8. The van der Waals surface area contributed by atoms with Crippen molar-refractivity contribution in [3.05, 3.63) is 106 Å². The van der Waals surface area contributed by atoms with Gasteiger partial charge in [0.25, 0.3) is 0 Å². The number of fused-ring (bicyclic) bond motifs is 1. The van der Waals surface area contributed by atoms with Gasteiger partial charge in [-0.05, 0) is 128 Å². The summed E-state index contributed by atoms with van der Waals surface area (Å²) in [4.78, 5) is 53.0. The molecule has 63 heavy (non-hydrogen) atoms. The number of aromatic nitrogens is 2. The Hall–Kier alpha value is -4.91. The monoisotopic (exact) mass is 894 g/mol. The average Bonchev–Trinajstić information content (AvgIpc) is 3.89. The van der Waals surface area contributed by atoms with Crippen molar-refractivity contribution in [2.24, 2.45) is 23.2 Å². The van der Waals surface area contributed by atoms with Crippen molar-refractivity contribution in [1.29, 1.82) is 0 Å². The summed E-state index contributed by atoms with van der Waals surface area (Å²) >= 11 is 8.15. The largest absolute Gasteiger partial charge is 0.492 e. The van der Waals surface area contributed by atoms with E-state index in [0.29, 0.717) is 61.5 Å². The number of thiazole rings is 1. The van der Waals surface area contributed by atoms with E-state index in [1.165, 1.54) is 6.07 Å². The number of hydrogen-bond acceptors (Lipinski definition) is 8. The molecule has 10 nitrogen and oxygen atoms in total. The lowest BCUT2D eigenvalue weighted by atomic mass is 9.73. The van der Waals surface area contributed by atoms with Gasteiger partial charge in [-0.15, -0.1) is 11.3 Å². The maximum absolute atomic E-state index is 14.2. The SMILES string of the molecule is Cc1ncsc1-c1ccc(CNC(=O)[C@H]2C[C@H](C)CN2C(=O)[C@H](NCCCOc2cc(NC(=O)[C@H](C)C3CCC(c4ccnc5ccc(F)cc45)CC3)ccc2Cl)C(C)(C)C)cc1. The van der Waals surface area contributed by atoms with Gasteiger partial charge in [0.1, 0.15) is 17.6 Å². The first kappa shape index (κ1) is 46.1. The Bertz CT molecular complexity index is 2390. The predicted molar refractivity (Wildman–Crippen MR) is 250 cm³/mol. The van der Waals surface area contributed by atoms with Crippen molar-refractivity contribution in [2.75, 3.05) is 25.0 Å². The minimum Gasteiger partial charge on any atom is -0.492 e. The molecule has 13 heteroatoms. The summed E-state index contributed by atoms with van der Waals surface area (Å²) in [5, 5.41) is 11.0. The lowest BCUT2D eigenvalue weighted by Crippen LogP contribution is -2.56. The summed E-state index contributed by atoms with van der Waals surface area (Å²) in [6.07, 6.45) is 6.67. The molecule has 0 radical (unpaired) electrons. The molecule has 334 valence electrons. The van der Waals surface area contributed by atoms with Crippen LogP contribution in [0.15, 0.2) is 78.4 Å². The third-order valence-corrected chi connectivity index (χ3v) is 14.1. The van der Waals surface area contributed by atoms with E-state index in [0.717, 1.165) is 63.8 Å². The van der Waals surface area contributed by atoms with Crippen LogP contribution in [0.25, 0.3) is 21.3 Å². The fraction of sp³-hybridized carbons (Fsp3) is 0.460. The molecule has 1 saturated carbocycles. The molecule has 3 heterocycles. The minimum absolute atomic E-state index is 0.0507. The fourth-order valence-corrected chi connectivity index (χ4v) is 10.2. The zero-order chi connectivity index (χ0) is 44.8. The molecule has 1 aliphatic heterocycles. The topological polar surface area (TPSA) is 126 Å². The number of pyridine rings is 1. The number of carbonyl (C=O) groups excluding carboxylic acids is 3. The van der Waals surface area contributed by atoms with Crippen molar-refractivity contribution in [2.45, 2.75) is 105 Å². The van der Waals surface area contributed by atoms with Gasteiger partial charge in [0.2, 0.25) is 17.7 Å². The summed E-state index contributed by atoms with van der Waals surface area (Å²) in [7, 11) is 0. The second-order valence-electron chi connectivity index (χ2n) is 18.6. The minimum atomic E-state index is -0.540. The summed E-state index contributed by atoms with van der Waals surface area (Å²) in [6, 6.07) is 19.1. The zero-order valence-corrected chi connectivity index (χ0v) is 38.8. The number of carbonyl (C=O) groups is 3. The first-order valence-corrected chi connectivity index (χ1v) is 23.5. The summed E-state index contributed by atoms with van der Waals surface area (Å²) < 4.78 is 20.2. The molecule has 1 saturated heterocycles. The molecular formula is C50H60ClFN6O4S. The number of nitrogens with one attached hydrogen (secondary N) is 3. The quantitative estimate of drug-likeness (QED) is 0.0894. The maximum Gasteiger partial charge on any atom is 0.243 e. The highest BCUT2D eigenvalue weighted by atomic mass is 35.5. The molecular weight excluding hydrogens is 835 g/mol. The van der Waals surface area contributed by atoms with Crippen LogP contribution < -0.4 is 20.7 Å². The van der Waals surface area contributed by atoms with Gasteiger partial charge >= 0.3 is 0 Å². The van der Waals surface area contributed by atoms with Gasteiger partial charge in [0.05, 0.1) is 39.3 Å². The average molecular weight is 896 g/mol. The standard InChI is InChI=1S/C50H60ClFN6O4S/c1-30-24-43(48(60)55-27-33-8-10-36(11-9-33)45-32(3)56-29-63-45)58(28-30)49(61)46(50(4,5)6)54-21-7-23-62-44-26-38(17-18-41(44)51)57-47(59)31(2)34-12-14-35(15-13-34)39-20-22-53-42-19-16-37(52)25-40(39)42/h8-11,16-20,22,25-26,29-31,34-35,43,46,54H,7,12-15,21,23-24,27-28H2,1-6H3,(H,55,60)(H,57,59)/t30-,31+,34?,35?,43+,46-/m0/s1. The lowest BCUT2D eigenvalue weighted by Gasteiger charge is -2.35. The first-order chi connectivity index (χ1) is 30.2. The summed E-state index contributed by atoms with van der Waals surface area (Å²) in [5.74, 6) is 0.475. The van der Waals surface area contributed by atoms with Crippen LogP contribution in [0.1, 0.15) is 95.9 Å². The van der Waals surface area contributed by atoms with E-state index < -0.39 is 17.5 Å². The van der Waals surface area contributed by atoms with Crippen LogP contribution in [-0.2, 0) is 20.9 Å². The van der Waals surface area contributed by atoms with Gasteiger partial charge in [-0.1, -0.05) is 70.5 Å². The smallest absolute Gasteiger partial charge is 0.243 e. The Morgan fingerprint density at radius 3 is 2.48 bits per heavy atom. The van der Waals surface area contributed by atoms with Crippen LogP contribution in [0.5, 0.6) is 5.75 Å². The van der Waals surface area contributed by atoms with Gasteiger partial charge in [-0.3, -0.25) is 19.4 Å². The van der Waals surface area contributed by atoms with Gasteiger partial charge in [-0.2, -0.15) is 0 Å². The molecule has 1 aliphatic carbocycles. The maximum atomic E-state index is 14.2. The highest BCUT2D eigenvalue weighted by Gasteiger charge is 2.43. The number of rotatable bonds is 15. The number of amides is 3. The van der Waals surface area contributed by atoms with Gasteiger partial charge in [0, 0.05) is 42.3 Å². The summed E-state index contributed by atoms with van der Waals surface area (Å²) in [6.45, 7) is 13.9. The van der Waals surface area contributed by atoms with E-state index in [1.807, 2.05) is 58.3 Å². The third kappa shape index (κ3) is 11.3. The molecule has 5 aromatic rings. The molecule has 0 unspecified atom stereocenters. The summed E-state index contributed by atoms with van der Waals surface area (Å²) in [5.41, 5.74) is 7.07. The van der Waals surface area contributed by atoms with Crippen molar-refractivity contribution in [1.82, 2.24) is 25.5 Å². The van der Waals surface area contributed by atoms with E-state index in [4.69, 9.17) is 16.3 Å². The fourth-order valence-electron chi connectivity index (χ4n) is 9.22. The Labute approximate surface area is 379 Å². The van der Waals surface area contributed by atoms with E-state index in [9.17, 15) is 18.8 Å². The molecule has 3 N–H and O–H groups in total. The molecule has 0 bridgehead atoms. The van der Waals surface area contributed by atoms with Crippen molar-refractivity contribution in [3.63, 3.8) is 0 Å². The lowest BCUT2D eigenvalue weighted by molar-refractivity contribution is -0.142. The van der Waals surface area contributed by atoms with Crippen LogP contribution >= 0.6 is 22.9 Å². The molecule has 2 fully saturated rings. The Morgan fingerprint density at radius 1 is 1.00 bits per heavy atom. The first-order valence-electron chi connectivity index (χ1n) is 22.2. The molecule has 3 amide bonds. The second-order valence-corrected chi connectivity index (χ2v) is 19.8. The number of anilines is 1. The molecule has 4 atom stereocenters. The van der Waals surface area contributed by atoms with Crippen LogP contribution in [0.2, 0.25) is 5.02 Å². The van der Waals surface area contributed by atoms with Crippen LogP contribution in [0.4, 0.5) is 10.1 Å². The molecule has 2 aliphatic rings. The Balaban J connectivity index is 0.872. The van der Waals surface area contributed by atoms with Crippen molar-refractivity contribution in [3.8, 4) is 16.2 Å². The molecule has 3 aromatic carbocycles. The number of hydrogen-bond donors (Lipinski definition) is 3. The van der Waals surface area contributed by atoms with E-state index in [1.54, 1.807) is 52.8 Å². The van der Waals surface area contributed by atoms with Gasteiger partial charge in [0.15, 0.2) is 0 Å². The second kappa shape index (κ2) is 20.3. The number of aryl methyl sites for hydroxylation is 1. The normalized spacial score (nSPS) is 20.0. The number of ether oxygens (including phenoxy) is 1. The van der Waals surface area contributed by atoms with Gasteiger partial charge < -0.3 is 25.6 Å². The van der Waals surface area contributed by atoms with E-state index >= 15 is 0 Å². The molecule has 2 aromatic heterocycles. The number of halogens is 2. The van der Waals surface area contributed by atoms with Gasteiger partial charge in [-0.25, -0.2) is 9.37 Å². The van der Waals surface area contributed by atoms with Crippen molar-refractivity contribution < 1.29 is 23.5 Å². The van der Waals surface area contributed by atoms with Crippen LogP contribution in [0.3, 0.4) is 0 Å². The van der Waals surface area contributed by atoms with Crippen LogP contribution in [-0.4, -0.2) is 64.4 Å². The van der Waals surface area contributed by atoms with E-state index in [2.05, 4.69) is 45.0 Å². The van der Waals surface area contributed by atoms with E-state index in [-0.39, 0.29) is 41.3 Å². The zero-order valence-electron chi connectivity index (χ0n) is 37.2. The Kier molecular flexibility index (Phi) is 14.8. The number of likely N-dealkylation sites (tertiary alicyclic amines) is 1. The number of nitrogens with zero attached hydrogens (tertiary/aromatic N) is 3. The molecule has 7 rings (SSSR count). The highest BCUT2D eigenvalue weighted by molar-refractivity contribution is 7.13. The molecule has 0 spiro atoms. The highest BCUT2D eigenvalue weighted by Crippen LogP contribution is 2.41.